The van der Waals surface area contributed by atoms with Gasteiger partial charge in [-0.3, -0.25) is 14.9 Å². The predicted octanol–water partition coefficient (Wildman–Crippen LogP) is 4.30. The molecule has 0 unspecified atom stereocenters. The van der Waals surface area contributed by atoms with Crippen molar-refractivity contribution < 1.29 is 24.0 Å². The number of nitrogens with zero attached hydrogens (tertiary/aromatic N) is 2. The average molecular weight is 474 g/mol. The highest BCUT2D eigenvalue weighted by Crippen LogP contribution is 2.27. The Morgan fingerprint density at radius 1 is 1.24 bits per heavy atom. The highest BCUT2D eigenvalue weighted by molar-refractivity contribution is 6.32. The van der Waals surface area contributed by atoms with Crippen molar-refractivity contribution in [3.8, 4) is 0 Å². The van der Waals surface area contributed by atoms with Crippen LogP contribution in [-0.4, -0.2) is 49.7 Å². The van der Waals surface area contributed by atoms with Gasteiger partial charge in [-0.25, -0.2) is 4.79 Å². The van der Waals surface area contributed by atoms with E-state index in [0.717, 1.165) is 5.69 Å². The van der Waals surface area contributed by atoms with E-state index in [-0.39, 0.29) is 10.7 Å². The lowest BCUT2D eigenvalue weighted by Gasteiger charge is -2.30. The molecule has 1 N–H and O–H groups in total. The Labute approximate surface area is 196 Å². The Morgan fingerprint density at radius 3 is 2.70 bits per heavy atom. The number of hydrogen-bond donors (Lipinski definition) is 1. The van der Waals surface area contributed by atoms with Crippen molar-refractivity contribution in [3.05, 3.63) is 68.7 Å². The third-order valence-corrected chi connectivity index (χ3v) is 5.19. The first-order valence-corrected chi connectivity index (χ1v) is 10.8. The molecule has 0 radical (unpaired) electrons. The molecule has 0 bridgehead atoms. The molecule has 174 valence electrons. The molecule has 1 heterocycles. The summed E-state index contributed by atoms with van der Waals surface area (Å²) in [4.78, 5) is 37.5. The number of carbonyl (C=O) groups excluding carboxylic acids is 2. The number of rotatable bonds is 8. The van der Waals surface area contributed by atoms with E-state index >= 15 is 0 Å². The molecular formula is C23H24ClN3O6. The summed E-state index contributed by atoms with van der Waals surface area (Å²) in [6.45, 7) is 4.64. The number of esters is 1. The quantitative estimate of drug-likeness (QED) is 0.263. The van der Waals surface area contributed by atoms with E-state index in [1.807, 2.05) is 11.8 Å². The number of benzene rings is 2. The van der Waals surface area contributed by atoms with Gasteiger partial charge >= 0.3 is 5.97 Å². The molecule has 0 spiro atoms. The van der Waals surface area contributed by atoms with Gasteiger partial charge in [-0.15, -0.1) is 0 Å². The first-order valence-electron chi connectivity index (χ1n) is 10.5. The number of morpholine rings is 1. The molecule has 0 atom stereocenters. The number of anilines is 2. The smallest absolute Gasteiger partial charge is 0.340 e. The monoisotopic (exact) mass is 473 g/mol. The van der Waals surface area contributed by atoms with Gasteiger partial charge in [0.1, 0.15) is 5.02 Å². The minimum absolute atomic E-state index is 0.0180. The maximum absolute atomic E-state index is 12.7. The van der Waals surface area contributed by atoms with Gasteiger partial charge in [0.25, 0.3) is 5.69 Å². The van der Waals surface area contributed by atoms with Gasteiger partial charge in [0, 0.05) is 30.9 Å². The molecule has 3 rings (SSSR count). The number of amides is 1. The van der Waals surface area contributed by atoms with E-state index in [1.165, 1.54) is 24.3 Å². The third kappa shape index (κ3) is 6.53. The van der Waals surface area contributed by atoms with E-state index in [2.05, 4.69) is 5.32 Å². The van der Waals surface area contributed by atoms with E-state index in [4.69, 9.17) is 21.1 Å². The fourth-order valence-corrected chi connectivity index (χ4v) is 3.45. The van der Waals surface area contributed by atoms with E-state index in [1.54, 1.807) is 24.3 Å². The van der Waals surface area contributed by atoms with Crippen LogP contribution in [-0.2, 0) is 14.3 Å². The number of nitro groups is 1. The van der Waals surface area contributed by atoms with Gasteiger partial charge < -0.3 is 19.7 Å². The van der Waals surface area contributed by atoms with Crippen LogP contribution in [0, 0.1) is 10.1 Å². The zero-order valence-corrected chi connectivity index (χ0v) is 18.8. The van der Waals surface area contributed by atoms with Gasteiger partial charge in [-0.1, -0.05) is 24.6 Å². The molecule has 33 heavy (non-hydrogen) atoms. The summed E-state index contributed by atoms with van der Waals surface area (Å²) >= 11 is 5.81. The number of nitrogens with one attached hydrogen (secondary N) is 1. The molecule has 2 aromatic carbocycles. The summed E-state index contributed by atoms with van der Waals surface area (Å²) in [5, 5.41) is 13.7. The van der Waals surface area contributed by atoms with Crippen molar-refractivity contribution in [3.63, 3.8) is 0 Å². The highest BCUT2D eigenvalue weighted by Gasteiger charge is 2.21. The molecule has 0 aliphatic carbocycles. The predicted molar refractivity (Wildman–Crippen MR) is 126 cm³/mol. The number of hydrogen-bond acceptors (Lipinski definition) is 7. The van der Waals surface area contributed by atoms with E-state index < -0.39 is 16.8 Å². The second-order valence-electron chi connectivity index (χ2n) is 7.26. The summed E-state index contributed by atoms with van der Waals surface area (Å²) in [5.74, 6) is -0.918. The van der Waals surface area contributed by atoms with E-state index in [9.17, 15) is 19.7 Å². The normalized spacial score (nSPS) is 13.7. The number of halogens is 1. The summed E-state index contributed by atoms with van der Waals surface area (Å²) < 4.78 is 10.7. The molecule has 10 heteroatoms. The largest absolute Gasteiger partial charge is 0.462 e. The zero-order chi connectivity index (χ0) is 23.8. The Morgan fingerprint density at radius 2 is 2.00 bits per heavy atom. The van der Waals surface area contributed by atoms with Crippen molar-refractivity contribution in [2.75, 3.05) is 43.1 Å². The van der Waals surface area contributed by atoms with Gasteiger partial charge in [0.05, 0.1) is 36.0 Å². The van der Waals surface area contributed by atoms with Crippen LogP contribution in [0.5, 0.6) is 0 Å². The van der Waals surface area contributed by atoms with Crippen molar-refractivity contribution >= 4 is 46.6 Å². The molecule has 0 saturated carbocycles. The maximum atomic E-state index is 12.7. The van der Waals surface area contributed by atoms with Crippen molar-refractivity contribution in [1.82, 2.24) is 0 Å². The highest BCUT2D eigenvalue weighted by atomic mass is 35.5. The number of carbonyl (C=O) groups is 2. The lowest BCUT2D eigenvalue weighted by molar-refractivity contribution is -0.384. The molecule has 1 saturated heterocycles. The lowest BCUT2D eigenvalue weighted by Crippen LogP contribution is -2.37. The van der Waals surface area contributed by atoms with Crippen LogP contribution in [0.2, 0.25) is 5.02 Å². The van der Waals surface area contributed by atoms with Crippen LogP contribution >= 0.6 is 11.6 Å². The number of ether oxygens (including phenoxy) is 2. The Hall–Kier alpha value is -3.43. The van der Waals surface area contributed by atoms with Crippen LogP contribution in [0.15, 0.2) is 42.5 Å². The fourth-order valence-electron chi connectivity index (χ4n) is 3.26. The van der Waals surface area contributed by atoms with Crippen LogP contribution in [0.25, 0.3) is 6.08 Å². The topological polar surface area (TPSA) is 111 Å². The Balaban J connectivity index is 1.77. The average Bonchev–Trinajstić information content (AvgIpc) is 2.82. The summed E-state index contributed by atoms with van der Waals surface area (Å²) in [6.07, 6.45) is 3.39. The third-order valence-electron chi connectivity index (χ3n) is 4.87. The minimum Gasteiger partial charge on any atom is -0.462 e. The van der Waals surface area contributed by atoms with Crippen LogP contribution in [0.4, 0.5) is 17.1 Å². The zero-order valence-electron chi connectivity index (χ0n) is 18.1. The molecule has 0 aromatic heterocycles. The fraction of sp³-hybridized carbons (Fsp3) is 0.304. The summed E-state index contributed by atoms with van der Waals surface area (Å²) in [7, 11) is 0. The number of nitro benzene ring substituents is 1. The molecule has 1 amide bonds. The SMILES string of the molecule is CCCOC(=O)c1cc(NC(=O)C=Cc2ccc(Cl)c([N+](=O)[O-])c2)ccc1N1CCOCC1. The molecule has 1 aliphatic heterocycles. The van der Waals surface area contributed by atoms with Gasteiger partial charge in [0.2, 0.25) is 5.91 Å². The molecule has 9 nitrogen and oxygen atoms in total. The van der Waals surface area contributed by atoms with Crippen LogP contribution in [0.3, 0.4) is 0 Å². The maximum Gasteiger partial charge on any atom is 0.340 e. The van der Waals surface area contributed by atoms with E-state index in [0.29, 0.717) is 56.1 Å². The Kier molecular flexibility index (Phi) is 8.39. The van der Waals surface area contributed by atoms with Crippen molar-refractivity contribution in [1.29, 1.82) is 0 Å². The minimum atomic E-state index is -0.588. The molecular weight excluding hydrogens is 450 g/mol. The van der Waals surface area contributed by atoms with Crippen molar-refractivity contribution in [2.45, 2.75) is 13.3 Å². The summed E-state index contributed by atoms with van der Waals surface area (Å²) in [5.41, 5.74) is 1.72. The second kappa shape index (κ2) is 11.4. The second-order valence-corrected chi connectivity index (χ2v) is 7.67. The van der Waals surface area contributed by atoms with Gasteiger partial charge in [-0.2, -0.15) is 0 Å². The van der Waals surface area contributed by atoms with Gasteiger partial charge in [-0.05, 0) is 42.3 Å². The first-order chi connectivity index (χ1) is 15.9. The van der Waals surface area contributed by atoms with Crippen LogP contribution in [0.1, 0.15) is 29.3 Å². The first kappa shape index (κ1) is 24.2. The molecule has 1 aliphatic rings. The molecule has 1 fully saturated rings. The van der Waals surface area contributed by atoms with Gasteiger partial charge in [0.15, 0.2) is 0 Å². The standard InChI is InChI=1S/C23H24ClN3O6/c1-2-11-33-23(29)18-15-17(5-7-20(18)26-9-12-32-13-10-26)25-22(28)8-4-16-3-6-19(24)21(14-16)27(30)31/h3-8,14-15H,2,9-13H2,1H3,(H,25,28). The molecule has 2 aromatic rings. The van der Waals surface area contributed by atoms with Crippen LogP contribution < -0.4 is 10.2 Å². The van der Waals surface area contributed by atoms with Crippen molar-refractivity contribution in [2.24, 2.45) is 0 Å². The Bertz CT molecular complexity index is 1070. The summed E-state index contributed by atoms with van der Waals surface area (Å²) in [6, 6.07) is 9.32. The lowest BCUT2D eigenvalue weighted by atomic mass is 10.1.